The summed E-state index contributed by atoms with van der Waals surface area (Å²) < 4.78 is 1.98. The van der Waals surface area contributed by atoms with E-state index in [4.69, 9.17) is 6.42 Å². The van der Waals surface area contributed by atoms with Crippen LogP contribution in [0.3, 0.4) is 0 Å². The topological polar surface area (TPSA) is 17.8 Å². The molecule has 0 spiro atoms. The van der Waals surface area contributed by atoms with Gasteiger partial charge in [0, 0.05) is 12.2 Å². The zero-order valence-electron chi connectivity index (χ0n) is 6.20. The third kappa shape index (κ3) is 1.19. The van der Waals surface area contributed by atoms with E-state index in [1.54, 1.807) is 6.33 Å². The fourth-order valence-corrected chi connectivity index (χ4v) is 0.694. The molecule has 2 heteroatoms. The highest BCUT2D eigenvalue weighted by atomic mass is 15.0. The Hall–Kier alpha value is -1.23. The van der Waals surface area contributed by atoms with E-state index in [0.29, 0.717) is 11.7 Å². The van der Waals surface area contributed by atoms with Gasteiger partial charge in [-0.15, -0.1) is 6.42 Å². The van der Waals surface area contributed by atoms with Crippen molar-refractivity contribution in [3.8, 4) is 12.3 Å². The summed E-state index contributed by atoms with van der Waals surface area (Å²) in [5.74, 6) is 2.47. The maximum Gasteiger partial charge on any atom is 0.130 e. The fraction of sp³-hybridized carbons (Fsp3) is 0.375. The Morgan fingerprint density at radius 1 is 1.70 bits per heavy atom. The first kappa shape index (κ1) is 6.88. The molecule has 0 aliphatic heterocycles. The van der Waals surface area contributed by atoms with Crippen LogP contribution in [0.5, 0.6) is 0 Å². The average molecular weight is 134 g/mol. The van der Waals surface area contributed by atoms with Gasteiger partial charge in [0.1, 0.15) is 5.69 Å². The lowest BCUT2D eigenvalue weighted by atomic mass is 10.4. The van der Waals surface area contributed by atoms with Gasteiger partial charge in [-0.05, 0) is 19.8 Å². The molecule has 0 atom stereocenters. The lowest BCUT2D eigenvalue weighted by Gasteiger charge is -2.02. The SMILES string of the molecule is C#Cc1cn(C(C)C)cn1. The molecule has 0 N–H and O–H groups in total. The Bertz CT molecular complexity index is 252. The molecule has 0 amide bonds. The largest absolute Gasteiger partial charge is 0.334 e. The monoisotopic (exact) mass is 134 g/mol. The molecule has 0 saturated heterocycles. The number of aromatic nitrogens is 2. The second-order valence-corrected chi connectivity index (χ2v) is 2.44. The molecule has 0 unspecified atom stereocenters. The second kappa shape index (κ2) is 2.57. The Morgan fingerprint density at radius 2 is 2.40 bits per heavy atom. The molecule has 1 aromatic heterocycles. The van der Waals surface area contributed by atoms with Crippen LogP contribution in [-0.4, -0.2) is 9.55 Å². The fourth-order valence-electron chi connectivity index (χ4n) is 0.694. The first-order valence-electron chi connectivity index (χ1n) is 3.24. The van der Waals surface area contributed by atoms with Crippen LogP contribution < -0.4 is 0 Å². The molecule has 1 rings (SSSR count). The number of rotatable bonds is 1. The van der Waals surface area contributed by atoms with Crippen LogP contribution in [0.15, 0.2) is 12.5 Å². The van der Waals surface area contributed by atoms with Gasteiger partial charge in [-0.1, -0.05) is 0 Å². The molecule has 0 radical (unpaired) electrons. The van der Waals surface area contributed by atoms with E-state index in [9.17, 15) is 0 Å². The van der Waals surface area contributed by atoms with Crippen LogP contribution in [0.25, 0.3) is 0 Å². The second-order valence-electron chi connectivity index (χ2n) is 2.44. The van der Waals surface area contributed by atoms with Crippen LogP contribution in [0, 0.1) is 12.3 Å². The Morgan fingerprint density at radius 3 is 2.70 bits per heavy atom. The highest BCUT2D eigenvalue weighted by Gasteiger charge is 1.96. The Labute approximate surface area is 60.9 Å². The molecule has 0 saturated carbocycles. The van der Waals surface area contributed by atoms with E-state index in [1.165, 1.54) is 0 Å². The third-order valence-corrected chi connectivity index (χ3v) is 1.35. The van der Waals surface area contributed by atoms with E-state index in [0.717, 1.165) is 0 Å². The molecule has 0 aromatic carbocycles. The number of imidazole rings is 1. The zero-order chi connectivity index (χ0) is 7.56. The average Bonchev–Trinajstić information content (AvgIpc) is 2.34. The van der Waals surface area contributed by atoms with E-state index < -0.39 is 0 Å². The number of nitrogens with zero attached hydrogens (tertiary/aromatic N) is 2. The van der Waals surface area contributed by atoms with E-state index >= 15 is 0 Å². The van der Waals surface area contributed by atoms with Gasteiger partial charge >= 0.3 is 0 Å². The predicted octanol–water partition coefficient (Wildman–Crippen LogP) is 1.45. The van der Waals surface area contributed by atoms with Gasteiger partial charge in [-0.25, -0.2) is 4.98 Å². The molecule has 10 heavy (non-hydrogen) atoms. The molecular weight excluding hydrogens is 124 g/mol. The van der Waals surface area contributed by atoms with Crippen molar-refractivity contribution in [2.45, 2.75) is 19.9 Å². The summed E-state index contributed by atoms with van der Waals surface area (Å²) in [6.07, 6.45) is 8.75. The van der Waals surface area contributed by atoms with Crippen LogP contribution in [0.1, 0.15) is 25.6 Å². The standard InChI is InChI=1S/C8H10N2/c1-4-8-5-10(6-9-8)7(2)3/h1,5-7H,2-3H3. The van der Waals surface area contributed by atoms with Crippen molar-refractivity contribution < 1.29 is 0 Å². The smallest absolute Gasteiger partial charge is 0.130 e. The highest BCUT2D eigenvalue weighted by Crippen LogP contribution is 2.03. The van der Waals surface area contributed by atoms with Gasteiger partial charge in [0.15, 0.2) is 0 Å². The molecule has 0 bridgehead atoms. The number of hydrogen-bond donors (Lipinski definition) is 0. The molecule has 52 valence electrons. The van der Waals surface area contributed by atoms with Crippen molar-refractivity contribution in [3.05, 3.63) is 18.2 Å². The Balaban J connectivity index is 2.91. The summed E-state index contributed by atoms with van der Waals surface area (Å²) in [5, 5.41) is 0. The summed E-state index contributed by atoms with van der Waals surface area (Å²) in [4.78, 5) is 3.98. The summed E-state index contributed by atoms with van der Waals surface area (Å²) in [7, 11) is 0. The minimum absolute atomic E-state index is 0.439. The van der Waals surface area contributed by atoms with Crippen LogP contribution in [0.4, 0.5) is 0 Å². The van der Waals surface area contributed by atoms with Gasteiger partial charge in [0.2, 0.25) is 0 Å². The van der Waals surface area contributed by atoms with Gasteiger partial charge in [-0.3, -0.25) is 0 Å². The predicted molar refractivity (Wildman–Crippen MR) is 40.5 cm³/mol. The van der Waals surface area contributed by atoms with E-state index in [-0.39, 0.29) is 0 Å². The molecule has 0 aliphatic carbocycles. The van der Waals surface area contributed by atoms with Crippen molar-refractivity contribution in [2.75, 3.05) is 0 Å². The van der Waals surface area contributed by atoms with E-state index in [2.05, 4.69) is 24.8 Å². The molecule has 0 aliphatic rings. The van der Waals surface area contributed by atoms with Crippen LogP contribution >= 0.6 is 0 Å². The molecule has 2 nitrogen and oxygen atoms in total. The van der Waals surface area contributed by atoms with E-state index in [1.807, 2.05) is 10.8 Å². The third-order valence-electron chi connectivity index (χ3n) is 1.35. The van der Waals surface area contributed by atoms with Crippen LogP contribution in [0.2, 0.25) is 0 Å². The summed E-state index contributed by atoms with van der Waals surface area (Å²) in [5.41, 5.74) is 0.703. The number of hydrogen-bond acceptors (Lipinski definition) is 1. The van der Waals surface area contributed by atoms with Gasteiger partial charge < -0.3 is 4.57 Å². The minimum atomic E-state index is 0.439. The maximum atomic E-state index is 5.14. The number of terminal acetylenes is 1. The summed E-state index contributed by atoms with van der Waals surface area (Å²) >= 11 is 0. The van der Waals surface area contributed by atoms with Crippen molar-refractivity contribution in [1.82, 2.24) is 9.55 Å². The van der Waals surface area contributed by atoms with Crippen LogP contribution in [-0.2, 0) is 0 Å². The van der Waals surface area contributed by atoms with Gasteiger partial charge in [0.25, 0.3) is 0 Å². The van der Waals surface area contributed by atoms with Gasteiger partial charge in [0.05, 0.1) is 6.33 Å². The van der Waals surface area contributed by atoms with Crippen molar-refractivity contribution in [3.63, 3.8) is 0 Å². The van der Waals surface area contributed by atoms with Crippen molar-refractivity contribution in [1.29, 1.82) is 0 Å². The molecule has 1 heterocycles. The lowest BCUT2D eigenvalue weighted by molar-refractivity contribution is 0.599. The lowest BCUT2D eigenvalue weighted by Crippen LogP contribution is -1.95. The zero-order valence-corrected chi connectivity index (χ0v) is 6.20. The summed E-state index contributed by atoms with van der Waals surface area (Å²) in [6, 6.07) is 0.439. The Kier molecular flexibility index (Phi) is 1.77. The molecular formula is C8H10N2. The van der Waals surface area contributed by atoms with Crippen molar-refractivity contribution in [2.24, 2.45) is 0 Å². The molecule has 1 aromatic rings. The van der Waals surface area contributed by atoms with Crippen molar-refractivity contribution >= 4 is 0 Å². The first-order chi connectivity index (χ1) is 4.74. The van der Waals surface area contributed by atoms with Gasteiger partial charge in [-0.2, -0.15) is 0 Å². The quantitative estimate of drug-likeness (QED) is 0.531. The normalized spacial score (nSPS) is 9.80. The maximum absolute atomic E-state index is 5.14. The summed E-state index contributed by atoms with van der Waals surface area (Å²) in [6.45, 7) is 4.17. The highest BCUT2D eigenvalue weighted by molar-refractivity contribution is 5.20. The first-order valence-corrected chi connectivity index (χ1v) is 3.24. The molecule has 0 fully saturated rings. The minimum Gasteiger partial charge on any atom is -0.334 e.